The number of rotatable bonds is 8. The molecule has 1 aromatic carbocycles. The maximum absolute atomic E-state index is 12.1. The second-order valence-electron chi connectivity index (χ2n) is 7.18. The molecule has 1 N–H and O–H groups in total. The smallest absolute Gasteiger partial charge is 0.291 e. The lowest BCUT2D eigenvalue weighted by Gasteiger charge is -2.13. The average molecular weight is 446 g/mol. The Morgan fingerprint density at radius 1 is 1.16 bits per heavy atom. The summed E-state index contributed by atoms with van der Waals surface area (Å²) < 4.78 is 3.11. The molecule has 0 saturated heterocycles. The summed E-state index contributed by atoms with van der Waals surface area (Å²) in [4.78, 5) is 25.6. The maximum atomic E-state index is 12.1. The van der Waals surface area contributed by atoms with Crippen LogP contribution in [0.15, 0.2) is 73.7 Å². The lowest BCUT2D eigenvalue weighted by Crippen LogP contribution is -2.27. The first-order valence-corrected chi connectivity index (χ1v) is 10.6. The summed E-state index contributed by atoms with van der Waals surface area (Å²) in [6.45, 7) is 4.71. The lowest BCUT2D eigenvalue weighted by molar-refractivity contribution is 0.241. The molecule has 162 valence electrons. The van der Waals surface area contributed by atoms with Crippen molar-refractivity contribution in [3.05, 3.63) is 79.3 Å². The van der Waals surface area contributed by atoms with Gasteiger partial charge in [-0.1, -0.05) is 49.2 Å². The molecule has 0 aliphatic rings. The van der Waals surface area contributed by atoms with Crippen molar-refractivity contribution in [3.8, 4) is 11.3 Å². The second kappa shape index (κ2) is 10.1. The fraction of sp³-hybridized carbons (Fsp3) is 0.174. The van der Waals surface area contributed by atoms with Gasteiger partial charge in [0, 0.05) is 18.3 Å². The topological polar surface area (TPSA) is 88.8 Å². The summed E-state index contributed by atoms with van der Waals surface area (Å²) in [5.74, 6) is 0.369. The van der Waals surface area contributed by atoms with Gasteiger partial charge in [0.05, 0.1) is 24.6 Å². The van der Waals surface area contributed by atoms with Crippen molar-refractivity contribution in [2.45, 2.75) is 19.4 Å². The van der Waals surface area contributed by atoms with Gasteiger partial charge in [0.15, 0.2) is 5.65 Å². The van der Waals surface area contributed by atoms with Gasteiger partial charge >= 0.3 is 6.03 Å². The van der Waals surface area contributed by atoms with Crippen molar-refractivity contribution < 1.29 is 4.79 Å². The fourth-order valence-electron chi connectivity index (χ4n) is 3.19. The number of carbonyl (C=O) groups is 1. The number of hydrogen-bond donors (Lipinski definition) is 2. The van der Waals surface area contributed by atoms with Crippen LogP contribution in [0.1, 0.15) is 12.0 Å². The van der Waals surface area contributed by atoms with Crippen molar-refractivity contribution in [1.82, 2.24) is 29.0 Å². The molecule has 3 aromatic heterocycles. The van der Waals surface area contributed by atoms with Crippen LogP contribution in [0.5, 0.6) is 0 Å². The number of nitrogens with zero attached hydrogens (tertiary/aromatic N) is 6. The Balaban J connectivity index is 1.45. The first kappa shape index (κ1) is 21.5. The number of thiol groups is 1. The number of urea groups is 1. The van der Waals surface area contributed by atoms with E-state index < -0.39 is 6.03 Å². The van der Waals surface area contributed by atoms with Crippen molar-refractivity contribution in [2.24, 2.45) is 0 Å². The maximum Gasteiger partial charge on any atom is 0.333 e. The average Bonchev–Trinajstić information content (AvgIpc) is 3.28. The van der Waals surface area contributed by atoms with Crippen molar-refractivity contribution in [3.63, 3.8) is 0 Å². The van der Waals surface area contributed by atoms with Gasteiger partial charge in [0.1, 0.15) is 11.3 Å². The largest absolute Gasteiger partial charge is 0.333 e. The van der Waals surface area contributed by atoms with Crippen LogP contribution in [0.25, 0.3) is 22.4 Å². The zero-order valence-corrected chi connectivity index (χ0v) is 18.3. The Kier molecular flexibility index (Phi) is 6.76. The number of pyridine rings is 1. The van der Waals surface area contributed by atoms with E-state index in [9.17, 15) is 4.79 Å². The molecule has 0 radical (unpaired) electrons. The van der Waals surface area contributed by atoms with E-state index in [1.807, 2.05) is 16.9 Å². The highest BCUT2D eigenvalue weighted by Crippen LogP contribution is 2.19. The number of amides is 2. The minimum atomic E-state index is -0.402. The molecule has 0 atom stereocenters. The number of nitrogens with one attached hydrogen (secondary N) is 1. The van der Waals surface area contributed by atoms with Crippen LogP contribution in [0.3, 0.4) is 0 Å². The number of hydrogen-bond acceptors (Lipinski definition) is 6. The predicted molar refractivity (Wildman–Crippen MR) is 128 cm³/mol. The van der Waals surface area contributed by atoms with E-state index in [-0.39, 0.29) is 0 Å². The first-order chi connectivity index (χ1) is 15.6. The molecule has 0 unspecified atom stereocenters. The molecular weight excluding hydrogens is 422 g/mol. The fourth-order valence-corrected chi connectivity index (χ4v) is 3.36. The molecular formula is C23H23N7OS. The molecule has 0 spiro atoms. The Morgan fingerprint density at radius 3 is 2.81 bits per heavy atom. The molecule has 0 fully saturated rings. The predicted octanol–water partition coefficient (Wildman–Crippen LogP) is 4.39. The van der Waals surface area contributed by atoms with Gasteiger partial charge in [-0.25, -0.2) is 14.8 Å². The van der Waals surface area contributed by atoms with Crippen molar-refractivity contribution >= 4 is 35.8 Å². The van der Waals surface area contributed by atoms with Gasteiger partial charge in [-0.2, -0.15) is 5.10 Å². The number of aryl methyl sites for hydroxylation is 2. The van der Waals surface area contributed by atoms with Crippen molar-refractivity contribution in [2.75, 3.05) is 11.9 Å². The van der Waals surface area contributed by atoms with E-state index in [1.54, 1.807) is 30.6 Å². The van der Waals surface area contributed by atoms with E-state index in [1.165, 1.54) is 9.87 Å². The highest BCUT2D eigenvalue weighted by molar-refractivity contribution is 7.78. The number of aromatic nitrogens is 5. The standard InChI is InChI=1S/C23H23N7OS/c1-2-12-30(32)23(31)28-21-11-10-19-22(27-21)26-20(15-24-19)18-14-25-29(16-18)13-6-9-17-7-4-3-5-8-17/h2-5,7-8,10-11,14-16,32H,1,6,9,12-13H2,(H,26,27,28,31). The van der Waals surface area contributed by atoms with Crippen LogP contribution in [0, 0.1) is 0 Å². The number of benzene rings is 1. The molecule has 4 rings (SSSR count). The summed E-state index contributed by atoms with van der Waals surface area (Å²) in [6.07, 6.45) is 9.01. The summed E-state index contributed by atoms with van der Waals surface area (Å²) in [5.41, 5.74) is 3.93. The number of carbonyl (C=O) groups excluding carboxylic acids is 1. The highest BCUT2D eigenvalue weighted by atomic mass is 32.1. The van der Waals surface area contributed by atoms with E-state index in [0.717, 1.165) is 24.9 Å². The third kappa shape index (κ3) is 5.30. The quantitative estimate of drug-likeness (QED) is 0.310. The van der Waals surface area contributed by atoms with Crippen LogP contribution in [0.4, 0.5) is 10.6 Å². The van der Waals surface area contributed by atoms with Crippen LogP contribution >= 0.6 is 12.8 Å². The zero-order chi connectivity index (χ0) is 22.3. The minimum Gasteiger partial charge on any atom is -0.291 e. The molecule has 4 aromatic rings. The molecule has 0 aliphatic heterocycles. The Bertz CT molecular complexity index is 1230. The Labute approximate surface area is 191 Å². The minimum absolute atomic E-state index is 0.307. The van der Waals surface area contributed by atoms with Gasteiger partial charge in [0.25, 0.3) is 0 Å². The molecule has 8 nitrogen and oxygen atoms in total. The normalized spacial score (nSPS) is 10.8. The summed E-state index contributed by atoms with van der Waals surface area (Å²) in [7, 11) is 0. The Hall–Kier alpha value is -3.72. The first-order valence-electron chi connectivity index (χ1n) is 10.2. The zero-order valence-electron chi connectivity index (χ0n) is 17.4. The third-order valence-corrected chi connectivity index (χ3v) is 5.15. The number of anilines is 1. The van der Waals surface area contributed by atoms with Crippen molar-refractivity contribution in [1.29, 1.82) is 0 Å². The highest BCUT2D eigenvalue weighted by Gasteiger charge is 2.11. The van der Waals surface area contributed by atoms with E-state index >= 15 is 0 Å². The van der Waals surface area contributed by atoms with E-state index in [2.05, 4.69) is 69.0 Å². The lowest BCUT2D eigenvalue weighted by atomic mass is 10.1. The third-order valence-electron chi connectivity index (χ3n) is 4.80. The number of fused-ring (bicyclic) bond motifs is 1. The van der Waals surface area contributed by atoms with Gasteiger partial charge in [0.2, 0.25) is 0 Å². The summed E-state index contributed by atoms with van der Waals surface area (Å²) in [6, 6.07) is 13.4. The van der Waals surface area contributed by atoms with Gasteiger partial charge in [-0.3, -0.25) is 19.3 Å². The Morgan fingerprint density at radius 2 is 2.00 bits per heavy atom. The molecule has 2 amide bonds. The molecule has 0 bridgehead atoms. The van der Waals surface area contributed by atoms with E-state index in [4.69, 9.17) is 0 Å². The van der Waals surface area contributed by atoms with Gasteiger partial charge in [-0.15, -0.1) is 6.58 Å². The van der Waals surface area contributed by atoms with Crippen LogP contribution in [-0.2, 0) is 13.0 Å². The monoisotopic (exact) mass is 445 g/mol. The van der Waals surface area contributed by atoms with Gasteiger partial charge < -0.3 is 0 Å². The van der Waals surface area contributed by atoms with Gasteiger partial charge in [-0.05, 0) is 30.5 Å². The summed E-state index contributed by atoms with van der Waals surface area (Å²) in [5, 5.41) is 7.13. The molecule has 0 aliphatic carbocycles. The van der Waals surface area contributed by atoms with Crippen LogP contribution < -0.4 is 5.32 Å². The van der Waals surface area contributed by atoms with E-state index in [0.29, 0.717) is 29.2 Å². The van der Waals surface area contributed by atoms with Crippen LogP contribution in [0.2, 0.25) is 0 Å². The second-order valence-corrected chi connectivity index (χ2v) is 7.66. The summed E-state index contributed by atoms with van der Waals surface area (Å²) >= 11 is 4.11. The molecule has 3 heterocycles. The SMILES string of the molecule is C=CCN(S)C(=O)Nc1ccc2ncc(-c3cnn(CCCc4ccccc4)c3)nc2n1. The molecule has 0 saturated carbocycles. The molecule has 32 heavy (non-hydrogen) atoms. The van der Waals surface area contributed by atoms with Crippen LogP contribution in [-0.4, -0.2) is 41.6 Å². The molecule has 9 heteroatoms.